The summed E-state index contributed by atoms with van der Waals surface area (Å²) < 4.78 is 48.9. The van der Waals surface area contributed by atoms with Crippen LogP contribution in [0.15, 0.2) is 11.6 Å². The van der Waals surface area contributed by atoms with E-state index >= 15 is 0 Å². The molecule has 23 heteroatoms. The highest BCUT2D eigenvalue weighted by Gasteiger charge is 2.72. The second-order valence-electron chi connectivity index (χ2n) is 25.7. The molecule has 8 aliphatic rings. The van der Waals surface area contributed by atoms with Gasteiger partial charge in [-0.1, -0.05) is 46.3 Å². The number of hydrogen-bond donors (Lipinski definition) is 15. The van der Waals surface area contributed by atoms with Gasteiger partial charge in [0.05, 0.1) is 44.2 Å². The van der Waals surface area contributed by atoms with Crippen molar-refractivity contribution >= 4 is 0 Å². The Kier molecular flexibility index (Phi) is 18.9. The smallest absolute Gasteiger partial charge is 0.187 e. The van der Waals surface area contributed by atoms with Crippen LogP contribution in [0.2, 0.25) is 0 Å². The fourth-order valence-corrected chi connectivity index (χ4v) is 16.3. The van der Waals surface area contributed by atoms with Gasteiger partial charge in [-0.15, -0.1) is 0 Å². The second kappa shape index (κ2) is 23.5. The predicted octanol–water partition coefficient (Wildman–Crippen LogP) is -2.20. The van der Waals surface area contributed by atoms with Crippen LogP contribution in [0.5, 0.6) is 0 Å². The summed E-state index contributed by atoms with van der Waals surface area (Å²) in [7, 11) is 0. The molecule has 15 N–H and O–H groups in total. The van der Waals surface area contributed by atoms with Gasteiger partial charge in [0.2, 0.25) is 0 Å². The first-order valence-corrected chi connectivity index (χ1v) is 27.9. The molecule has 77 heavy (non-hydrogen) atoms. The fourth-order valence-electron chi connectivity index (χ4n) is 16.3. The van der Waals surface area contributed by atoms with Gasteiger partial charge in [0.25, 0.3) is 0 Å². The molecule has 0 bridgehead atoms. The first kappa shape index (κ1) is 61.9. The van der Waals surface area contributed by atoms with E-state index in [4.69, 9.17) is 37.9 Å². The van der Waals surface area contributed by atoms with Crippen LogP contribution in [0.4, 0.5) is 0 Å². The monoisotopic (exact) mass is 1110 g/mol. The number of allylic oxidation sites excluding steroid dienone is 2. The van der Waals surface area contributed by atoms with Crippen molar-refractivity contribution in [3.05, 3.63) is 11.6 Å². The summed E-state index contributed by atoms with van der Waals surface area (Å²) in [6, 6.07) is 0. The molecule has 4 aliphatic heterocycles. The molecule has 0 unspecified atom stereocenters. The molecule has 8 rings (SSSR count). The van der Waals surface area contributed by atoms with E-state index in [9.17, 15) is 76.6 Å². The van der Waals surface area contributed by atoms with Gasteiger partial charge in [0, 0.05) is 0 Å². The Bertz CT molecular complexity index is 1990. The summed E-state index contributed by atoms with van der Waals surface area (Å²) in [6.45, 7) is 14.6. The molecule has 0 amide bonds. The summed E-state index contributed by atoms with van der Waals surface area (Å²) in [4.78, 5) is 0. The predicted molar refractivity (Wildman–Crippen MR) is 266 cm³/mol. The van der Waals surface area contributed by atoms with E-state index < -0.39 is 178 Å². The van der Waals surface area contributed by atoms with E-state index in [0.29, 0.717) is 38.5 Å². The Balaban J connectivity index is 1.01. The molecule has 8 fully saturated rings. The Labute approximate surface area is 450 Å². The van der Waals surface area contributed by atoms with E-state index in [2.05, 4.69) is 40.7 Å². The Hall–Kier alpha value is -1.18. The number of aliphatic hydroxyl groups excluding tert-OH is 15. The highest BCUT2D eigenvalue weighted by Crippen LogP contribution is 2.76. The molecular weight excluding hydrogens is 1020 g/mol. The van der Waals surface area contributed by atoms with Gasteiger partial charge in [-0.25, -0.2) is 0 Å². The minimum atomic E-state index is -1.82. The number of ether oxygens (including phenoxy) is 8. The zero-order valence-corrected chi connectivity index (χ0v) is 45.8. The van der Waals surface area contributed by atoms with Crippen LogP contribution in [0.3, 0.4) is 0 Å². The Morgan fingerprint density at radius 3 is 1.64 bits per heavy atom. The number of aliphatic hydroxyl groups is 15. The van der Waals surface area contributed by atoms with Crippen LogP contribution < -0.4 is 0 Å². The molecule has 4 saturated heterocycles. The van der Waals surface area contributed by atoms with Crippen molar-refractivity contribution in [1.82, 2.24) is 0 Å². The van der Waals surface area contributed by atoms with Crippen molar-refractivity contribution in [2.75, 3.05) is 26.4 Å². The van der Waals surface area contributed by atoms with Gasteiger partial charge in [-0.05, 0) is 124 Å². The Morgan fingerprint density at radius 2 is 1.05 bits per heavy atom. The lowest BCUT2D eigenvalue weighted by atomic mass is 9.35. The summed E-state index contributed by atoms with van der Waals surface area (Å²) in [5.41, 5.74) is -1.59. The zero-order valence-electron chi connectivity index (χ0n) is 45.8. The summed E-state index contributed by atoms with van der Waals surface area (Å²) in [5, 5.41) is 162. The lowest BCUT2D eigenvalue weighted by Gasteiger charge is -2.71. The molecule has 0 aromatic carbocycles. The molecule has 4 heterocycles. The van der Waals surface area contributed by atoms with E-state index in [1.165, 1.54) is 0 Å². The van der Waals surface area contributed by atoms with Gasteiger partial charge < -0.3 is 114 Å². The number of hydrogen-bond acceptors (Lipinski definition) is 23. The highest BCUT2D eigenvalue weighted by atomic mass is 16.8. The fraction of sp³-hybridized carbons (Fsp3) is 0.963. The summed E-state index contributed by atoms with van der Waals surface area (Å²) >= 11 is 0. The van der Waals surface area contributed by atoms with Crippen LogP contribution in [0, 0.1) is 45.3 Å². The maximum absolute atomic E-state index is 12.8. The van der Waals surface area contributed by atoms with Crippen LogP contribution in [0.25, 0.3) is 0 Å². The third-order valence-electron chi connectivity index (χ3n) is 20.9. The van der Waals surface area contributed by atoms with Gasteiger partial charge in [-0.2, -0.15) is 0 Å². The first-order valence-electron chi connectivity index (χ1n) is 27.9. The van der Waals surface area contributed by atoms with Crippen LogP contribution >= 0.6 is 0 Å². The second-order valence-corrected chi connectivity index (χ2v) is 25.7. The van der Waals surface area contributed by atoms with Crippen LogP contribution in [0.1, 0.15) is 113 Å². The molecule has 23 nitrogen and oxygen atoms in total. The minimum Gasteiger partial charge on any atom is -0.394 e. The standard InChI is InChI=1S/C54H92O23/c1-23(2)10-9-14-54(8,77-48-44(69)40(65)37(62)29(74-48)22-70-46-42(67)38(63)34(59)26(19-55)71-46)24-11-16-53(7)33(24)25(58)18-31-51(5)15-13-32(50(3,4)30(51)12-17-52(31,53)6)75-49-45(41(66)36(61)28(21-57)73-49)76-47-43(68)39(64)35(60)27(20-56)72-47/h10,24-49,55-69H,9,11-22H2,1-8H3/t24-,25+,26+,27-,28+,29+,30+,31+,32+,33-,34+,35-,36+,37+,38-,39+,40-,41-,42+,43-,44+,45+,46-,47+,48+,49+,51-,52+,53+,54-/m0/s1. The molecule has 30 atom stereocenters. The van der Waals surface area contributed by atoms with Gasteiger partial charge >= 0.3 is 0 Å². The van der Waals surface area contributed by atoms with E-state index in [1.807, 2.05) is 20.8 Å². The maximum Gasteiger partial charge on any atom is 0.187 e. The van der Waals surface area contributed by atoms with Gasteiger partial charge in [0.15, 0.2) is 25.2 Å². The van der Waals surface area contributed by atoms with Gasteiger partial charge in [-0.3, -0.25) is 0 Å². The van der Waals surface area contributed by atoms with Crippen molar-refractivity contribution in [3.63, 3.8) is 0 Å². The van der Waals surface area contributed by atoms with Crippen molar-refractivity contribution in [1.29, 1.82) is 0 Å². The zero-order chi connectivity index (χ0) is 56.6. The van der Waals surface area contributed by atoms with E-state index in [-0.39, 0.29) is 34.5 Å². The normalized spacial score (nSPS) is 52.7. The average Bonchev–Trinajstić information content (AvgIpc) is 3.96. The molecule has 446 valence electrons. The minimum absolute atomic E-state index is 0.0374. The van der Waals surface area contributed by atoms with Gasteiger partial charge in [0.1, 0.15) is 97.7 Å². The largest absolute Gasteiger partial charge is 0.394 e. The maximum atomic E-state index is 12.8. The Morgan fingerprint density at radius 1 is 0.545 bits per heavy atom. The molecule has 0 aromatic rings. The van der Waals surface area contributed by atoms with Crippen LogP contribution in [-0.4, -0.2) is 244 Å². The lowest BCUT2D eigenvalue weighted by molar-refractivity contribution is -0.378. The summed E-state index contributed by atoms with van der Waals surface area (Å²) in [6.07, 6.45) is -25.2. The molecule has 0 radical (unpaired) electrons. The SMILES string of the molecule is CC(C)=CCC[C@](C)(O[C@H]1O[C@H](CO[C@H]2O[C@H](CO)[C@@H](O)[C@H](O)[C@H]2O)[C@@H](O)[C@H](O)[C@H]1O)[C@H]1CC[C@]2(C)[C@@H]1[C@H](O)C[C@@H]1[C@@]3(C)CC[C@@H](O[C@H]4O[C@H](CO)[C@@H](O)[C@H](O)[C@H]4O[C@H]4O[C@@H](CO)[C@H](O)[C@@H](O)[C@@H]4O)C(C)(C)[C@H]3CC[C@]12C. The molecule has 0 aromatic heterocycles. The molecule has 4 aliphatic carbocycles. The highest BCUT2D eigenvalue weighted by molar-refractivity contribution is 5.20. The molecule has 0 spiro atoms. The van der Waals surface area contributed by atoms with Crippen molar-refractivity contribution < 1.29 is 114 Å². The molecule has 4 saturated carbocycles. The lowest BCUT2D eigenvalue weighted by Crippen LogP contribution is -2.68. The topological polar surface area (TPSA) is 377 Å². The van der Waals surface area contributed by atoms with E-state index in [1.54, 1.807) is 0 Å². The molecular formula is C54H92O23. The summed E-state index contributed by atoms with van der Waals surface area (Å²) in [5.74, 6) is -0.475. The van der Waals surface area contributed by atoms with Crippen molar-refractivity contribution in [2.24, 2.45) is 45.3 Å². The van der Waals surface area contributed by atoms with Crippen LogP contribution in [-0.2, 0) is 37.9 Å². The van der Waals surface area contributed by atoms with Crippen molar-refractivity contribution in [3.8, 4) is 0 Å². The average molecular weight is 1110 g/mol. The third-order valence-corrected chi connectivity index (χ3v) is 20.9. The quantitative estimate of drug-likeness (QED) is 0.0576. The van der Waals surface area contributed by atoms with Crippen molar-refractivity contribution in [2.45, 2.75) is 254 Å². The number of fused-ring (bicyclic) bond motifs is 5. The first-order chi connectivity index (χ1) is 36.0. The third kappa shape index (κ3) is 10.9. The van der Waals surface area contributed by atoms with E-state index in [0.717, 1.165) is 24.8 Å². The number of rotatable bonds is 16.